The summed E-state index contributed by atoms with van der Waals surface area (Å²) < 4.78 is 0. The highest BCUT2D eigenvalue weighted by molar-refractivity contribution is 7.80. The molecule has 0 amide bonds. The van der Waals surface area contributed by atoms with Gasteiger partial charge in [-0.3, -0.25) is 10.9 Å². The Balaban J connectivity index is 2.24. The number of thiocarbonyl (C=S) groups is 2. The second-order valence-corrected chi connectivity index (χ2v) is 6.86. The van der Waals surface area contributed by atoms with Gasteiger partial charge in [-0.05, 0) is 48.0 Å². The number of hydrogen-bond donors (Lipinski definition) is 5. The lowest BCUT2D eigenvalue weighted by Gasteiger charge is -2.15. The van der Waals surface area contributed by atoms with Crippen LogP contribution in [0.1, 0.15) is 31.7 Å². The number of hydrogen-bond acceptors (Lipinski definition) is 2. The van der Waals surface area contributed by atoms with Gasteiger partial charge in [-0.2, -0.15) is 0 Å². The highest BCUT2D eigenvalue weighted by atomic mass is 32.1. The zero-order valence-corrected chi connectivity index (χ0v) is 16.0. The maximum absolute atomic E-state index is 5.23. The van der Waals surface area contributed by atoms with Crippen LogP contribution in [-0.4, -0.2) is 37.4 Å². The van der Waals surface area contributed by atoms with Gasteiger partial charge in [0.15, 0.2) is 10.2 Å². The number of hydrazine groups is 1. The fourth-order valence-electron chi connectivity index (χ4n) is 1.92. The Morgan fingerprint density at radius 2 is 1.65 bits per heavy atom. The largest absolute Gasteiger partial charge is 0.361 e. The second kappa shape index (κ2) is 10.4. The van der Waals surface area contributed by atoms with Crippen molar-refractivity contribution in [1.82, 2.24) is 16.2 Å². The van der Waals surface area contributed by atoms with Crippen LogP contribution in [0.5, 0.6) is 0 Å². The first kappa shape index (κ1) is 19.6. The van der Waals surface area contributed by atoms with Crippen LogP contribution in [-0.2, 0) is 0 Å². The minimum absolute atomic E-state index is 0.476. The van der Waals surface area contributed by atoms with Crippen molar-refractivity contribution in [2.45, 2.75) is 26.2 Å². The third kappa shape index (κ3) is 8.68. The molecule has 0 atom stereocenters. The lowest BCUT2D eigenvalue weighted by Crippen LogP contribution is -3.05. The molecule has 0 bridgehead atoms. The lowest BCUT2D eigenvalue weighted by atomic mass is 10.0. The van der Waals surface area contributed by atoms with Gasteiger partial charge in [0.05, 0.1) is 20.6 Å². The van der Waals surface area contributed by atoms with Gasteiger partial charge in [-0.1, -0.05) is 26.0 Å². The number of rotatable bonds is 6. The summed E-state index contributed by atoms with van der Waals surface area (Å²) in [7, 11) is 4.27. The molecule has 128 valence electrons. The van der Waals surface area contributed by atoms with Gasteiger partial charge in [-0.15, -0.1) is 0 Å². The van der Waals surface area contributed by atoms with E-state index in [1.807, 2.05) is 12.1 Å². The van der Waals surface area contributed by atoms with Gasteiger partial charge in [0, 0.05) is 18.7 Å². The van der Waals surface area contributed by atoms with Crippen LogP contribution in [0.15, 0.2) is 24.3 Å². The molecule has 0 aliphatic carbocycles. The molecule has 0 saturated carbocycles. The number of benzene rings is 1. The molecule has 0 unspecified atom stereocenters. The predicted octanol–water partition coefficient (Wildman–Crippen LogP) is 1.01. The first-order valence-electron chi connectivity index (χ1n) is 7.88. The van der Waals surface area contributed by atoms with E-state index in [1.54, 1.807) is 0 Å². The molecule has 0 spiro atoms. The normalized spacial score (nSPS) is 10.5. The van der Waals surface area contributed by atoms with Crippen LogP contribution in [0.2, 0.25) is 0 Å². The standard InChI is InChI=1S/C16H27N5S2/c1-12(2)13-6-8-14(9-7-13)18-16(23)20-19-15(22)17-10-5-11-21(3)4/h6-9,12H,5,10-11H2,1-4H3,(H2,17,19,22)(H2,18,20,23)/p+1. The van der Waals surface area contributed by atoms with E-state index in [0.717, 1.165) is 25.2 Å². The molecule has 1 aromatic carbocycles. The van der Waals surface area contributed by atoms with Crippen LogP contribution >= 0.6 is 24.4 Å². The van der Waals surface area contributed by atoms with Crippen LogP contribution in [0.4, 0.5) is 5.69 Å². The van der Waals surface area contributed by atoms with Gasteiger partial charge in [0.25, 0.3) is 0 Å². The molecule has 0 aromatic heterocycles. The third-order valence-corrected chi connectivity index (χ3v) is 3.71. The smallest absolute Gasteiger partial charge is 0.189 e. The second-order valence-electron chi connectivity index (χ2n) is 6.05. The summed E-state index contributed by atoms with van der Waals surface area (Å²) in [5, 5.41) is 7.26. The van der Waals surface area contributed by atoms with Crippen molar-refractivity contribution in [3.05, 3.63) is 29.8 Å². The summed E-state index contributed by atoms with van der Waals surface area (Å²) in [6.45, 7) is 6.30. The quantitative estimate of drug-likeness (QED) is 0.299. The van der Waals surface area contributed by atoms with Gasteiger partial charge >= 0.3 is 0 Å². The van der Waals surface area contributed by atoms with E-state index in [4.69, 9.17) is 24.4 Å². The Bertz CT molecular complexity index is 500. The molecule has 23 heavy (non-hydrogen) atoms. The van der Waals surface area contributed by atoms with E-state index in [-0.39, 0.29) is 0 Å². The summed E-state index contributed by atoms with van der Waals surface area (Å²) in [6, 6.07) is 8.23. The van der Waals surface area contributed by atoms with Crippen molar-refractivity contribution in [1.29, 1.82) is 0 Å². The maximum Gasteiger partial charge on any atom is 0.189 e. The molecule has 0 fully saturated rings. The number of quaternary nitrogens is 1. The summed E-state index contributed by atoms with van der Waals surface area (Å²) >= 11 is 10.4. The van der Waals surface area contributed by atoms with Crippen LogP contribution < -0.4 is 26.4 Å². The Hall–Kier alpha value is -1.44. The first-order valence-corrected chi connectivity index (χ1v) is 8.70. The Morgan fingerprint density at radius 3 is 2.22 bits per heavy atom. The van der Waals surface area contributed by atoms with Crippen LogP contribution in [0.3, 0.4) is 0 Å². The van der Waals surface area contributed by atoms with E-state index in [2.05, 4.69) is 61.6 Å². The van der Waals surface area contributed by atoms with Crippen molar-refractivity contribution in [3.63, 3.8) is 0 Å². The van der Waals surface area contributed by atoms with Gasteiger partial charge < -0.3 is 15.5 Å². The summed E-state index contributed by atoms with van der Waals surface area (Å²) in [5.41, 5.74) is 8.01. The molecule has 1 aromatic rings. The van der Waals surface area contributed by atoms with Crippen molar-refractivity contribution < 1.29 is 4.90 Å². The highest BCUT2D eigenvalue weighted by Crippen LogP contribution is 2.16. The minimum atomic E-state index is 0.476. The lowest BCUT2D eigenvalue weighted by molar-refractivity contribution is -0.858. The van der Waals surface area contributed by atoms with Crippen molar-refractivity contribution in [2.24, 2.45) is 0 Å². The molecule has 0 heterocycles. The van der Waals surface area contributed by atoms with Crippen molar-refractivity contribution in [3.8, 4) is 0 Å². The fraction of sp³-hybridized carbons (Fsp3) is 0.500. The van der Waals surface area contributed by atoms with E-state index >= 15 is 0 Å². The van der Waals surface area contributed by atoms with E-state index in [1.165, 1.54) is 10.5 Å². The fourth-order valence-corrected chi connectivity index (χ4v) is 2.24. The zero-order chi connectivity index (χ0) is 17.2. The summed E-state index contributed by atoms with van der Waals surface area (Å²) in [4.78, 5) is 1.43. The maximum atomic E-state index is 5.23. The predicted molar refractivity (Wildman–Crippen MR) is 106 cm³/mol. The van der Waals surface area contributed by atoms with E-state index in [0.29, 0.717) is 16.1 Å². The molecular weight excluding hydrogens is 326 g/mol. The first-order chi connectivity index (χ1) is 10.9. The molecule has 5 N–H and O–H groups in total. The minimum Gasteiger partial charge on any atom is -0.361 e. The van der Waals surface area contributed by atoms with Gasteiger partial charge in [-0.25, -0.2) is 0 Å². The zero-order valence-electron chi connectivity index (χ0n) is 14.3. The molecule has 5 nitrogen and oxygen atoms in total. The number of nitrogens with one attached hydrogen (secondary N) is 5. The molecule has 0 aliphatic rings. The average molecular weight is 355 g/mol. The summed E-state index contributed by atoms with van der Waals surface area (Å²) in [5.74, 6) is 0.522. The number of anilines is 1. The van der Waals surface area contributed by atoms with Gasteiger partial charge in [0.2, 0.25) is 0 Å². The van der Waals surface area contributed by atoms with Crippen molar-refractivity contribution >= 4 is 40.3 Å². The SMILES string of the molecule is CC(C)c1ccc(NC(=S)NNC(=S)NCCC[NH+](C)C)cc1. The van der Waals surface area contributed by atoms with Crippen LogP contribution in [0.25, 0.3) is 0 Å². The molecule has 0 aliphatic heterocycles. The average Bonchev–Trinajstić information content (AvgIpc) is 2.50. The van der Waals surface area contributed by atoms with E-state index in [9.17, 15) is 0 Å². The third-order valence-electron chi connectivity index (χ3n) is 3.26. The highest BCUT2D eigenvalue weighted by Gasteiger charge is 2.01. The topological polar surface area (TPSA) is 52.6 Å². The molecular formula is C16H28N5S2+. The van der Waals surface area contributed by atoms with Crippen LogP contribution in [0, 0.1) is 0 Å². The molecule has 0 radical (unpaired) electrons. The monoisotopic (exact) mass is 354 g/mol. The van der Waals surface area contributed by atoms with Gasteiger partial charge in [0.1, 0.15) is 0 Å². The molecule has 1 rings (SSSR count). The Labute approximate surface area is 150 Å². The van der Waals surface area contributed by atoms with E-state index < -0.39 is 0 Å². The molecule has 7 heteroatoms. The van der Waals surface area contributed by atoms with Crippen molar-refractivity contribution in [2.75, 3.05) is 32.5 Å². The molecule has 0 saturated heterocycles. The summed E-state index contributed by atoms with van der Waals surface area (Å²) in [6.07, 6.45) is 1.06. The Morgan fingerprint density at radius 1 is 1.04 bits per heavy atom. The Kier molecular flexibility index (Phi) is 8.83.